The molecule has 0 aliphatic heterocycles. The van der Waals surface area contributed by atoms with Crippen molar-refractivity contribution in [2.45, 2.75) is 39.5 Å². The van der Waals surface area contributed by atoms with Crippen LogP contribution in [0.25, 0.3) is 0 Å². The van der Waals surface area contributed by atoms with Crippen molar-refractivity contribution in [3.05, 3.63) is 0 Å². The standard InChI is InChI=1S/C17H32N2O8S/c1-3-5-13-14(6-4-2)15(13)11-27-17(22)19-28(23,24)18-7-8-25-9-10-26-12-16(20)21/h13-15,18H,3-12H2,1-2H3,(H,19,22)(H,20,21)/t13-,14+,15-. The first-order chi connectivity index (χ1) is 13.3. The Balaban J connectivity index is 2.14. The lowest BCUT2D eigenvalue weighted by Gasteiger charge is -2.09. The summed E-state index contributed by atoms with van der Waals surface area (Å²) in [6, 6.07) is 0. The second kappa shape index (κ2) is 12.9. The molecular formula is C17H32N2O8S. The zero-order valence-corrected chi connectivity index (χ0v) is 17.3. The maximum Gasteiger partial charge on any atom is 0.421 e. The van der Waals surface area contributed by atoms with Crippen molar-refractivity contribution < 1.29 is 37.3 Å². The Morgan fingerprint density at radius 2 is 1.57 bits per heavy atom. The average molecular weight is 425 g/mol. The molecule has 11 heteroatoms. The molecule has 1 fully saturated rings. The fourth-order valence-electron chi connectivity index (χ4n) is 3.27. The fourth-order valence-corrected chi connectivity index (χ4v) is 3.97. The van der Waals surface area contributed by atoms with Crippen molar-refractivity contribution in [3.8, 4) is 0 Å². The number of amides is 1. The van der Waals surface area contributed by atoms with Gasteiger partial charge in [0.1, 0.15) is 6.61 Å². The van der Waals surface area contributed by atoms with Crippen LogP contribution in [0.15, 0.2) is 0 Å². The summed E-state index contributed by atoms with van der Waals surface area (Å²) in [6.45, 7) is 4.27. The van der Waals surface area contributed by atoms with Gasteiger partial charge in [-0.3, -0.25) is 0 Å². The van der Waals surface area contributed by atoms with Crippen LogP contribution in [0.3, 0.4) is 0 Å². The molecule has 10 nitrogen and oxygen atoms in total. The molecule has 1 aliphatic rings. The van der Waals surface area contributed by atoms with Crippen LogP contribution in [0, 0.1) is 17.8 Å². The molecule has 0 aromatic heterocycles. The van der Waals surface area contributed by atoms with E-state index in [4.69, 9.17) is 19.3 Å². The third-order valence-electron chi connectivity index (χ3n) is 4.51. The number of hydrogen-bond acceptors (Lipinski definition) is 7. The molecule has 28 heavy (non-hydrogen) atoms. The highest BCUT2D eigenvalue weighted by Crippen LogP contribution is 2.51. The van der Waals surface area contributed by atoms with Crippen LogP contribution < -0.4 is 9.44 Å². The third-order valence-corrected chi connectivity index (χ3v) is 5.53. The molecule has 0 spiro atoms. The number of carbonyl (C=O) groups is 2. The maximum absolute atomic E-state index is 11.8. The van der Waals surface area contributed by atoms with Crippen LogP contribution in [0.4, 0.5) is 4.79 Å². The molecule has 0 unspecified atom stereocenters. The number of rotatable bonds is 16. The molecule has 0 radical (unpaired) electrons. The summed E-state index contributed by atoms with van der Waals surface area (Å²) < 4.78 is 42.4. The summed E-state index contributed by atoms with van der Waals surface area (Å²) in [5, 5.41) is 8.37. The SMILES string of the molecule is CCC[C@@H]1[C@H](CCC)[C@@H]1COC(=O)NS(=O)(=O)NCCOCCOCC(=O)O. The van der Waals surface area contributed by atoms with Gasteiger partial charge in [-0.05, 0) is 17.8 Å². The van der Waals surface area contributed by atoms with Gasteiger partial charge in [0.25, 0.3) is 0 Å². The number of carboxylic acids is 1. The van der Waals surface area contributed by atoms with E-state index in [1.807, 2.05) is 4.72 Å². The summed E-state index contributed by atoms with van der Waals surface area (Å²) in [4.78, 5) is 22.0. The molecule has 1 amide bonds. The molecule has 0 aromatic rings. The van der Waals surface area contributed by atoms with Gasteiger partial charge in [-0.15, -0.1) is 0 Å². The van der Waals surface area contributed by atoms with Gasteiger partial charge in [0.15, 0.2) is 0 Å². The summed E-state index contributed by atoms with van der Waals surface area (Å²) in [7, 11) is -4.03. The van der Waals surface area contributed by atoms with Crippen LogP contribution >= 0.6 is 0 Å². The van der Waals surface area contributed by atoms with Gasteiger partial charge in [-0.1, -0.05) is 39.5 Å². The minimum absolute atomic E-state index is 0.0475. The summed E-state index contributed by atoms with van der Waals surface area (Å²) in [6.07, 6.45) is 3.37. The average Bonchev–Trinajstić information content (AvgIpc) is 3.26. The summed E-state index contributed by atoms with van der Waals surface area (Å²) in [5.74, 6) is 0.362. The largest absolute Gasteiger partial charge is 0.480 e. The van der Waals surface area contributed by atoms with Gasteiger partial charge in [0.05, 0.1) is 26.4 Å². The number of carbonyl (C=O) groups excluding carboxylic acids is 1. The van der Waals surface area contributed by atoms with Crippen LogP contribution in [-0.4, -0.2) is 65.2 Å². The van der Waals surface area contributed by atoms with Gasteiger partial charge in [-0.2, -0.15) is 13.1 Å². The summed E-state index contributed by atoms with van der Waals surface area (Å²) >= 11 is 0. The molecule has 3 atom stereocenters. The second-order valence-corrected chi connectivity index (χ2v) is 8.23. The predicted octanol–water partition coefficient (Wildman–Crippen LogP) is 1.13. The molecular weight excluding hydrogens is 392 g/mol. The Hall–Kier alpha value is -1.43. The molecule has 1 aliphatic carbocycles. The van der Waals surface area contributed by atoms with Crippen LogP contribution in [0.2, 0.25) is 0 Å². The van der Waals surface area contributed by atoms with Gasteiger partial charge in [0, 0.05) is 6.54 Å². The quantitative estimate of drug-likeness (QED) is 0.313. The normalized spacial score (nSPS) is 21.3. The number of hydrogen-bond donors (Lipinski definition) is 3. The minimum Gasteiger partial charge on any atom is -0.480 e. The highest BCUT2D eigenvalue weighted by atomic mass is 32.2. The Morgan fingerprint density at radius 3 is 2.14 bits per heavy atom. The lowest BCUT2D eigenvalue weighted by Crippen LogP contribution is -2.42. The van der Waals surface area contributed by atoms with E-state index in [2.05, 4.69) is 18.6 Å². The van der Waals surface area contributed by atoms with E-state index < -0.39 is 28.9 Å². The van der Waals surface area contributed by atoms with Crippen LogP contribution in [-0.2, 0) is 29.2 Å². The van der Waals surface area contributed by atoms with Gasteiger partial charge in [0.2, 0.25) is 0 Å². The molecule has 1 saturated carbocycles. The molecule has 3 N–H and O–H groups in total. The lowest BCUT2D eigenvalue weighted by molar-refractivity contribution is -0.142. The first kappa shape index (κ1) is 24.6. The number of nitrogens with one attached hydrogen (secondary N) is 2. The Kier molecular flexibility index (Phi) is 11.4. The molecule has 0 saturated heterocycles. The van der Waals surface area contributed by atoms with Crippen molar-refractivity contribution >= 4 is 22.3 Å². The van der Waals surface area contributed by atoms with Crippen molar-refractivity contribution in [2.75, 3.05) is 39.6 Å². The highest BCUT2D eigenvalue weighted by Gasteiger charge is 2.48. The smallest absolute Gasteiger partial charge is 0.421 e. The first-order valence-electron chi connectivity index (χ1n) is 9.62. The summed E-state index contributed by atoms with van der Waals surface area (Å²) in [5.41, 5.74) is 0. The van der Waals surface area contributed by atoms with Crippen LogP contribution in [0.1, 0.15) is 39.5 Å². The maximum atomic E-state index is 11.8. The Bertz CT molecular complexity index is 572. The Morgan fingerprint density at radius 1 is 0.964 bits per heavy atom. The van der Waals surface area contributed by atoms with E-state index >= 15 is 0 Å². The molecule has 0 bridgehead atoms. The minimum atomic E-state index is -4.03. The van der Waals surface area contributed by atoms with Crippen molar-refractivity contribution in [3.63, 3.8) is 0 Å². The topological polar surface area (TPSA) is 140 Å². The molecule has 0 heterocycles. The number of aliphatic carboxylic acids is 1. The monoisotopic (exact) mass is 424 g/mol. The van der Waals surface area contributed by atoms with E-state index in [1.165, 1.54) is 0 Å². The van der Waals surface area contributed by atoms with E-state index in [0.717, 1.165) is 25.7 Å². The third kappa shape index (κ3) is 10.2. The second-order valence-electron chi connectivity index (χ2n) is 6.73. The number of carboxylic acid groups (broad SMARTS) is 1. The van der Waals surface area contributed by atoms with E-state index in [9.17, 15) is 18.0 Å². The first-order valence-corrected chi connectivity index (χ1v) is 11.1. The molecule has 164 valence electrons. The zero-order chi connectivity index (χ0) is 21.0. The predicted molar refractivity (Wildman–Crippen MR) is 101 cm³/mol. The van der Waals surface area contributed by atoms with Gasteiger partial charge in [-0.25, -0.2) is 14.3 Å². The van der Waals surface area contributed by atoms with Crippen LogP contribution in [0.5, 0.6) is 0 Å². The van der Waals surface area contributed by atoms with E-state index in [1.54, 1.807) is 0 Å². The molecule has 1 rings (SSSR count). The zero-order valence-electron chi connectivity index (χ0n) is 16.5. The number of ether oxygens (including phenoxy) is 3. The van der Waals surface area contributed by atoms with Crippen molar-refractivity contribution in [1.29, 1.82) is 0 Å². The van der Waals surface area contributed by atoms with Gasteiger partial charge < -0.3 is 19.3 Å². The van der Waals surface area contributed by atoms with E-state index in [-0.39, 0.29) is 33.0 Å². The van der Waals surface area contributed by atoms with Crippen molar-refractivity contribution in [2.24, 2.45) is 17.8 Å². The van der Waals surface area contributed by atoms with Gasteiger partial charge >= 0.3 is 22.3 Å². The Labute approximate surface area is 166 Å². The van der Waals surface area contributed by atoms with E-state index in [0.29, 0.717) is 17.8 Å². The highest BCUT2D eigenvalue weighted by molar-refractivity contribution is 7.88. The van der Waals surface area contributed by atoms with Crippen molar-refractivity contribution in [1.82, 2.24) is 9.44 Å². The lowest BCUT2D eigenvalue weighted by atomic mass is 10.1. The molecule has 0 aromatic carbocycles. The fraction of sp³-hybridized carbons (Fsp3) is 0.882.